The van der Waals surface area contributed by atoms with Gasteiger partial charge < -0.3 is 14.2 Å². The van der Waals surface area contributed by atoms with Crippen molar-refractivity contribution in [1.82, 2.24) is 0 Å². The van der Waals surface area contributed by atoms with Crippen LogP contribution in [0.4, 0.5) is 0 Å². The third-order valence-corrected chi connectivity index (χ3v) is 1.90. The van der Waals surface area contributed by atoms with Gasteiger partial charge in [0.15, 0.2) is 0 Å². The Bertz CT molecular complexity index is 348. The Morgan fingerprint density at radius 1 is 1.35 bits per heavy atom. The van der Waals surface area contributed by atoms with E-state index in [1.165, 1.54) is 0 Å². The summed E-state index contributed by atoms with van der Waals surface area (Å²) >= 11 is 0. The first-order chi connectivity index (χ1) is 8.22. The van der Waals surface area contributed by atoms with Crippen molar-refractivity contribution >= 4 is 5.97 Å². The molecule has 1 unspecified atom stereocenters. The van der Waals surface area contributed by atoms with E-state index in [1.807, 2.05) is 30.3 Å². The molecule has 0 bridgehead atoms. The lowest BCUT2D eigenvalue weighted by Crippen LogP contribution is -2.19. The molecule has 0 amide bonds. The fraction of sp³-hybridized carbons (Fsp3) is 0.308. The van der Waals surface area contributed by atoms with Gasteiger partial charge in [-0.3, -0.25) is 0 Å². The number of carbonyl (C=O) groups excluding carboxylic acids is 1. The fourth-order valence-corrected chi connectivity index (χ4v) is 1.14. The van der Waals surface area contributed by atoms with E-state index in [0.29, 0.717) is 13.2 Å². The molecule has 0 N–H and O–H groups in total. The number of ether oxygens (including phenoxy) is 3. The largest absolute Gasteiger partial charge is 0.491 e. The number of hydrogen-bond donors (Lipinski definition) is 0. The molecule has 0 saturated carbocycles. The Morgan fingerprint density at radius 2 is 2.06 bits per heavy atom. The van der Waals surface area contributed by atoms with E-state index >= 15 is 0 Å². The van der Waals surface area contributed by atoms with Crippen LogP contribution in [0.25, 0.3) is 0 Å². The fourth-order valence-electron chi connectivity index (χ4n) is 1.14. The normalized spacial score (nSPS) is 11.6. The van der Waals surface area contributed by atoms with Gasteiger partial charge in [0, 0.05) is 6.08 Å². The van der Waals surface area contributed by atoms with E-state index < -0.39 is 12.3 Å². The molecule has 0 aliphatic rings. The zero-order chi connectivity index (χ0) is 12.5. The predicted molar refractivity (Wildman–Crippen MR) is 63.6 cm³/mol. The van der Waals surface area contributed by atoms with Crippen LogP contribution in [0, 0.1) is 0 Å². The SMILES string of the molecule is C=CC(=O)OC(C)OCCOc1ccccc1. The second kappa shape index (κ2) is 7.46. The van der Waals surface area contributed by atoms with Crippen LogP contribution in [0.15, 0.2) is 43.0 Å². The molecule has 0 aromatic heterocycles. The molecule has 17 heavy (non-hydrogen) atoms. The molecule has 0 fully saturated rings. The summed E-state index contributed by atoms with van der Waals surface area (Å²) in [5.41, 5.74) is 0. The Hall–Kier alpha value is -1.81. The lowest BCUT2D eigenvalue weighted by atomic mass is 10.3. The summed E-state index contributed by atoms with van der Waals surface area (Å²) in [4.78, 5) is 10.8. The van der Waals surface area contributed by atoms with Gasteiger partial charge in [-0.25, -0.2) is 4.79 Å². The third kappa shape index (κ3) is 5.73. The van der Waals surface area contributed by atoms with Crippen LogP contribution in [0.1, 0.15) is 6.92 Å². The van der Waals surface area contributed by atoms with E-state index in [1.54, 1.807) is 6.92 Å². The van der Waals surface area contributed by atoms with Gasteiger partial charge in [-0.15, -0.1) is 0 Å². The molecule has 92 valence electrons. The van der Waals surface area contributed by atoms with Crippen LogP contribution >= 0.6 is 0 Å². The van der Waals surface area contributed by atoms with Crippen molar-refractivity contribution in [3.05, 3.63) is 43.0 Å². The maximum Gasteiger partial charge on any atom is 0.332 e. The summed E-state index contributed by atoms with van der Waals surface area (Å²) in [6.45, 7) is 5.69. The topological polar surface area (TPSA) is 44.8 Å². The van der Waals surface area contributed by atoms with E-state index in [4.69, 9.17) is 14.2 Å². The highest BCUT2D eigenvalue weighted by Gasteiger charge is 2.05. The maximum atomic E-state index is 10.8. The Labute approximate surface area is 101 Å². The molecular weight excluding hydrogens is 220 g/mol. The van der Waals surface area contributed by atoms with Crippen molar-refractivity contribution < 1.29 is 19.0 Å². The smallest absolute Gasteiger partial charge is 0.332 e. The van der Waals surface area contributed by atoms with Gasteiger partial charge in [-0.1, -0.05) is 24.8 Å². The molecule has 0 radical (unpaired) electrons. The number of esters is 1. The lowest BCUT2D eigenvalue weighted by molar-refractivity contribution is -0.169. The minimum absolute atomic E-state index is 0.348. The van der Waals surface area contributed by atoms with E-state index in [-0.39, 0.29) is 0 Å². The molecular formula is C13H16O4. The highest BCUT2D eigenvalue weighted by atomic mass is 16.7. The summed E-state index contributed by atoms with van der Waals surface area (Å²) < 4.78 is 15.4. The van der Waals surface area contributed by atoms with Crippen LogP contribution in [0.5, 0.6) is 5.75 Å². The van der Waals surface area contributed by atoms with Crippen LogP contribution < -0.4 is 4.74 Å². The summed E-state index contributed by atoms with van der Waals surface area (Å²) in [6, 6.07) is 9.43. The average molecular weight is 236 g/mol. The second-order valence-corrected chi connectivity index (χ2v) is 3.24. The summed E-state index contributed by atoms with van der Waals surface area (Å²) in [7, 11) is 0. The average Bonchev–Trinajstić information content (AvgIpc) is 2.36. The number of hydrogen-bond acceptors (Lipinski definition) is 4. The first-order valence-corrected chi connectivity index (χ1v) is 5.35. The van der Waals surface area contributed by atoms with Crippen LogP contribution in [-0.4, -0.2) is 25.5 Å². The molecule has 0 aliphatic heterocycles. The molecule has 0 saturated heterocycles. The monoisotopic (exact) mass is 236 g/mol. The molecule has 0 spiro atoms. The molecule has 1 atom stereocenters. The quantitative estimate of drug-likeness (QED) is 0.315. The minimum Gasteiger partial charge on any atom is -0.491 e. The van der Waals surface area contributed by atoms with Gasteiger partial charge in [0.05, 0.1) is 6.61 Å². The van der Waals surface area contributed by atoms with E-state index in [2.05, 4.69) is 6.58 Å². The minimum atomic E-state index is -0.597. The highest BCUT2D eigenvalue weighted by Crippen LogP contribution is 2.07. The molecule has 1 aromatic rings. The van der Waals surface area contributed by atoms with Gasteiger partial charge in [-0.05, 0) is 19.1 Å². The third-order valence-electron chi connectivity index (χ3n) is 1.90. The molecule has 4 heteroatoms. The van der Waals surface area contributed by atoms with Gasteiger partial charge in [-0.2, -0.15) is 0 Å². The summed E-state index contributed by atoms with van der Waals surface area (Å²) in [6.07, 6.45) is 0.500. The second-order valence-electron chi connectivity index (χ2n) is 3.24. The van der Waals surface area contributed by atoms with Crippen LogP contribution in [-0.2, 0) is 14.3 Å². The molecule has 0 heterocycles. The van der Waals surface area contributed by atoms with Crippen molar-refractivity contribution in [2.45, 2.75) is 13.2 Å². The predicted octanol–water partition coefficient (Wildman–Crippen LogP) is 2.16. The van der Waals surface area contributed by atoms with Gasteiger partial charge >= 0.3 is 5.97 Å². The summed E-state index contributed by atoms with van der Waals surface area (Å²) in [5.74, 6) is 0.285. The number of carbonyl (C=O) groups is 1. The first kappa shape index (κ1) is 13.3. The molecule has 4 nitrogen and oxygen atoms in total. The molecule has 0 aliphatic carbocycles. The zero-order valence-electron chi connectivity index (χ0n) is 9.80. The van der Waals surface area contributed by atoms with Crippen LogP contribution in [0.3, 0.4) is 0 Å². The zero-order valence-corrected chi connectivity index (χ0v) is 9.80. The maximum absolute atomic E-state index is 10.8. The Kier molecular flexibility index (Phi) is 5.82. The van der Waals surface area contributed by atoms with Crippen molar-refractivity contribution in [2.24, 2.45) is 0 Å². The highest BCUT2D eigenvalue weighted by molar-refractivity contribution is 5.81. The van der Waals surface area contributed by atoms with Crippen molar-refractivity contribution in [3.8, 4) is 5.75 Å². The Morgan fingerprint density at radius 3 is 2.71 bits per heavy atom. The van der Waals surface area contributed by atoms with Gasteiger partial charge in [0.25, 0.3) is 0 Å². The number of benzene rings is 1. The Balaban J connectivity index is 2.12. The number of para-hydroxylation sites is 1. The van der Waals surface area contributed by atoms with E-state index in [0.717, 1.165) is 11.8 Å². The van der Waals surface area contributed by atoms with Crippen molar-refractivity contribution in [1.29, 1.82) is 0 Å². The van der Waals surface area contributed by atoms with Crippen molar-refractivity contribution in [3.63, 3.8) is 0 Å². The summed E-state index contributed by atoms with van der Waals surface area (Å²) in [5, 5.41) is 0. The molecule has 1 aromatic carbocycles. The number of rotatable bonds is 7. The lowest BCUT2D eigenvalue weighted by Gasteiger charge is -2.13. The molecule has 1 rings (SSSR count). The van der Waals surface area contributed by atoms with Crippen molar-refractivity contribution in [2.75, 3.05) is 13.2 Å². The standard InChI is InChI=1S/C13H16O4/c1-3-13(14)17-11(2)15-9-10-16-12-7-5-4-6-8-12/h3-8,11H,1,9-10H2,2H3. The van der Waals surface area contributed by atoms with Gasteiger partial charge in [0.2, 0.25) is 6.29 Å². The van der Waals surface area contributed by atoms with Gasteiger partial charge in [0.1, 0.15) is 12.4 Å². The first-order valence-electron chi connectivity index (χ1n) is 5.35. The van der Waals surface area contributed by atoms with Crippen LogP contribution in [0.2, 0.25) is 0 Å². The van der Waals surface area contributed by atoms with E-state index in [9.17, 15) is 4.79 Å².